The largest absolute Gasteiger partial charge is 0.443 e. The first-order valence-electron chi connectivity index (χ1n) is 6.52. The van der Waals surface area contributed by atoms with Gasteiger partial charge in [-0.25, -0.2) is 4.79 Å². The summed E-state index contributed by atoms with van der Waals surface area (Å²) in [5, 5.41) is 19.9. The first-order chi connectivity index (χ1) is 10.0. The molecule has 0 bridgehead atoms. The molecule has 0 saturated carbocycles. The van der Waals surface area contributed by atoms with Crippen LogP contribution in [0.25, 0.3) is 11.1 Å². The number of aryl methyl sites for hydroxylation is 1. The standard InChI is InChI=1S/C13H16N2O6/c1-5-3-6-8(14-13(18)15-12(6)20-5)10-11(19-2)9(17)7(4-16)21-10/h3,7,9-11,16-17H,4H2,1-2H3,(H,14,15,18)/t7-,9+,10?,11-/m1/s1. The highest BCUT2D eigenvalue weighted by molar-refractivity contribution is 5.77. The number of methoxy groups -OCH3 is 1. The number of hydrogen-bond acceptors (Lipinski definition) is 7. The maximum absolute atomic E-state index is 11.7. The molecule has 0 aromatic carbocycles. The van der Waals surface area contributed by atoms with Crippen LogP contribution in [0.1, 0.15) is 17.6 Å². The Labute approximate surface area is 119 Å². The third-order valence-electron chi connectivity index (χ3n) is 3.64. The molecule has 21 heavy (non-hydrogen) atoms. The van der Waals surface area contributed by atoms with E-state index in [1.807, 2.05) is 0 Å². The quantitative estimate of drug-likeness (QED) is 0.707. The average molecular weight is 296 g/mol. The predicted molar refractivity (Wildman–Crippen MR) is 70.9 cm³/mol. The van der Waals surface area contributed by atoms with Crippen molar-refractivity contribution in [3.63, 3.8) is 0 Å². The number of fused-ring (bicyclic) bond motifs is 1. The van der Waals surface area contributed by atoms with E-state index >= 15 is 0 Å². The number of aliphatic hydroxyl groups is 2. The number of rotatable bonds is 3. The highest BCUT2D eigenvalue weighted by atomic mass is 16.6. The van der Waals surface area contributed by atoms with E-state index in [9.17, 15) is 15.0 Å². The zero-order valence-corrected chi connectivity index (χ0v) is 11.6. The van der Waals surface area contributed by atoms with Crippen LogP contribution in [0.3, 0.4) is 0 Å². The third-order valence-corrected chi connectivity index (χ3v) is 3.64. The zero-order chi connectivity index (χ0) is 15.1. The lowest BCUT2D eigenvalue weighted by atomic mass is 10.0. The van der Waals surface area contributed by atoms with Gasteiger partial charge in [0, 0.05) is 7.11 Å². The van der Waals surface area contributed by atoms with Gasteiger partial charge >= 0.3 is 5.69 Å². The molecule has 8 nitrogen and oxygen atoms in total. The second-order valence-electron chi connectivity index (χ2n) is 5.00. The van der Waals surface area contributed by atoms with Crippen LogP contribution in [-0.2, 0) is 9.47 Å². The van der Waals surface area contributed by atoms with Crippen molar-refractivity contribution < 1.29 is 24.1 Å². The summed E-state index contributed by atoms with van der Waals surface area (Å²) in [5.74, 6) is 0.601. The van der Waals surface area contributed by atoms with Crippen LogP contribution in [0.15, 0.2) is 15.3 Å². The van der Waals surface area contributed by atoms with E-state index in [-0.39, 0.29) is 12.3 Å². The summed E-state index contributed by atoms with van der Waals surface area (Å²) in [5.41, 5.74) is 0.0441. The lowest BCUT2D eigenvalue weighted by Crippen LogP contribution is -2.34. The molecule has 114 valence electrons. The molecule has 3 rings (SSSR count). The van der Waals surface area contributed by atoms with Crippen LogP contribution in [0.4, 0.5) is 0 Å². The van der Waals surface area contributed by atoms with Gasteiger partial charge in [0.05, 0.1) is 17.7 Å². The van der Waals surface area contributed by atoms with Crippen molar-refractivity contribution in [2.24, 2.45) is 0 Å². The fraction of sp³-hybridized carbons (Fsp3) is 0.538. The van der Waals surface area contributed by atoms with E-state index in [4.69, 9.17) is 13.9 Å². The summed E-state index contributed by atoms with van der Waals surface area (Å²) < 4.78 is 16.2. The van der Waals surface area contributed by atoms with Gasteiger partial charge in [-0.05, 0) is 13.0 Å². The number of nitrogens with one attached hydrogen (secondary N) is 1. The molecule has 0 aliphatic carbocycles. The van der Waals surface area contributed by atoms with E-state index in [2.05, 4.69) is 9.97 Å². The number of nitrogens with zero attached hydrogens (tertiary/aromatic N) is 1. The Morgan fingerprint density at radius 2 is 2.29 bits per heavy atom. The number of H-pyrrole nitrogens is 1. The number of hydrogen-bond donors (Lipinski definition) is 3. The summed E-state index contributed by atoms with van der Waals surface area (Å²) >= 11 is 0. The summed E-state index contributed by atoms with van der Waals surface area (Å²) in [6.45, 7) is 1.39. The minimum absolute atomic E-state index is 0.201. The molecule has 1 unspecified atom stereocenters. The minimum Gasteiger partial charge on any atom is -0.443 e. The second kappa shape index (κ2) is 5.23. The molecule has 1 fully saturated rings. The second-order valence-corrected chi connectivity index (χ2v) is 5.00. The fourth-order valence-electron chi connectivity index (χ4n) is 2.69. The fourth-order valence-corrected chi connectivity index (χ4v) is 2.69. The Kier molecular flexibility index (Phi) is 3.54. The molecule has 0 spiro atoms. The van der Waals surface area contributed by atoms with Crippen LogP contribution >= 0.6 is 0 Å². The van der Waals surface area contributed by atoms with E-state index in [0.717, 1.165) is 0 Å². The van der Waals surface area contributed by atoms with Gasteiger partial charge in [0.2, 0.25) is 5.71 Å². The highest BCUT2D eigenvalue weighted by Gasteiger charge is 2.45. The molecule has 0 amide bonds. The van der Waals surface area contributed by atoms with Crippen molar-refractivity contribution in [1.82, 2.24) is 9.97 Å². The van der Waals surface area contributed by atoms with Gasteiger partial charge in [-0.3, -0.25) is 0 Å². The van der Waals surface area contributed by atoms with E-state index in [1.54, 1.807) is 13.0 Å². The molecule has 2 aromatic heterocycles. The van der Waals surface area contributed by atoms with Crippen molar-refractivity contribution in [2.45, 2.75) is 31.3 Å². The molecule has 8 heteroatoms. The molecule has 2 aromatic rings. The molecule has 4 atom stereocenters. The van der Waals surface area contributed by atoms with Crippen molar-refractivity contribution in [2.75, 3.05) is 13.7 Å². The normalized spacial score (nSPS) is 29.3. The van der Waals surface area contributed by atoms with Gasteiger partial charge < -0.3 is 29.1 Å². The highest BCUT2D eigenvalue weighted by Crippen LogP contribution is 2.37. The van der Waals surface area contributed by atoms with Crippen molar-refractivity contribution in [1.29, 1.82) is 0 Å². The Morgan fingerprint density at radius 1 is 1.52 bits per heavy atom. The Bertz CT molecular complexity index is 708. The molecule has 3 heterocycles. The van der Waals surface area contributed by atoms with Gasteiger partial charge in [0.1, 0.15) is 30.2 Å². The molecule has 3 N–H and O–H groups in total. The maximum atomic E-state index is 11.7. The lowest BCUT2D eigenvalue weighted by molar-refractivity contribution is -0.0244. The van der Waals surface area contributed by atoms with Crippen LogP contribution in [0.5, 0.6) is 0 Å². The molecular formula is C13H16N2O6. The first-order valence-corrected chi connectivity index (χ1v) is 6.52. The molecular weight excluding hydrogens is 280 g/mol. The van der Waals surface area contributed by atoms with Crippen molar-refractivity contribution in [3.05, 3.63) is 28.0 Å². The molecule has 1 saturated heterocycles. The number of furan rings is 1. The molecule has 1 aliphatic rings. The Hall–Kier alpha value is -1.74. The summed E-state index contributed by atoms with van der Waals surface area (Å²) in [4.78, 5) is 18.0. The number of ether oxygens (including phenoxy) is 2. The predicted octanol–water partition coefficient (Wildman–Crippen LogP) is -0.367. The lowest BCUT2D eigenvalue weighted by Gasteiger charge is -2.18. The SMILES string of the molecule is CO[C@H]1C(c2[nH]c(=O)nc3oc(C)cc23)O[C@H](CO)[C@@H]1O. The van der Waals surface area contributed by atoms with E-state index in [1.165, 1.54) is 7.11 Å². The maximum Gasteiger partial charge on any atom is 0.348 e. The van der Waals surface area contributed by atoms with Crippen molar-refractivity contribution in [3.8, 4) is 0 Å². The van der Waals surface area contributed by atoms with Crippen LogP contribution < -0.4 is 5.69 Å². The van der Waals surface area contributed by atoms with Gasteiger partial charge in [-0.15, -0.1) is 0 Å². The minimum atomic E-state index is -0.996. The van der Waals surface area contributed by atoms with Gasteiger partial charge in [0.25, 0.3) is 0 Å². The third kappa shape index (κ3) is 2.26. The Balaban J connectivity index is 2.13. The summed E-state index contributed by atoms with van der Waals surface area (Å²) in [6, 6.07) is 1.72. The van der Waals surface area contributed by atoms with Crippen LogP contribution in [0, 0.1) is 6.92 Å². The topological polar surface area (TPSA) is 118 Å². The van der Waals surface area contributed by atoms with E-state index < -0.39 is 30.1 Å². The number of aliphatic hydroxyl groups excluding tert-OH is 2. The smallest absolute Gasteiger partial charge is 0.348 e. The average Bonchev–Trinajstić information content (AvgIpc) is 2.96. The van der Waals surface area contributed by atoms with Crippen LogP contribution in [-0.4, -0.2) is 52.2 Å². The van der Waals surface area contributed by atoms with Crippen LogP contribution in [0.2, 0.25) is 0 Å². The first kappa shape index (κ1) is 14.2. The molecule has 0 radical (unpaired) electrons. The van der Waals surface area contributed by atoms with E-state index in [0.29, 0.717) is 16.8 Å². The Morgan fingerprint density at radius 3 is 2.95 bits per heavy atom. The monoisotopic (exact) mass is 296 g/mol. The zero-order valence-electron chi connectivity index (χ0n) is 11.6. The van der Waals surface area contributed by atoms with Gasteiger partial charge in [-0.1, -0.05) is 0 Å². The number of aromatic nitrogens is 2. The summed E-state index contributed by atoms with van der Waals surface area (Å²) in [6.07, 6.45) is -3.21. The van der Waals surface area contributed by atoms with Gasteiger partial charge in [-0.2, -0.15) is 4.98 Å². The summed E-state index contributed by atoms with van der Waals surface area (Å²) in [7, 11) is 1.43. The van der Waals surface area contributed by atoms with Crippen molar-refractivity contribution >= 4 is 11.1 Å². The molecule has 1 aliphatic heterocycles. The number of aromatic amines is 1. The van der Waals surface area contributed by atoms with Gasteiger partial charge in [0.15, 0.2) is 0 Å².